The molecule has 56 heavy (non-hydrogen) atoms. The zero-order valence-electron chi connectivity index (χ0n) is 29.8. The average Bonchev–Trinajstić information content (AvgIpc) is 3.78. The van der Waals surface area contributed by atoms with Crippen molar-refractivity contribution in [2.75, 3.05) is 0 Å². The number of hydrogen-bond donors (Lipinski definition) is 0. The molecule has 0 amide bonds. The summed E-state index contributed by atoms with van der Waals surface area (Å²) in [6.45, 7) is 7.81. The van der Waals surface area contributed by atoms with Gasteiger partial charge in [-0.25, -0.2) is 4.85 Å². The molecule has 10 rings (SSSR count). The molecule has 6 nitrogen and oxygen atoms in total. The largest absolute Gasteiger partial charge is 0.307 e. The van der Waals surface area contributed by atoms with Crippen molar-refractivity contribution >= 4 is 49.3 Å². The summed E-state index contributed by atoms with van der Waals surface area (Å²) in [6, 6.07) is 57.4. The van der Waals surface area contributed by atoms with Crippen molar-refractivity contribution in [3.8, 4) is 56.9 Å². The summed E-state index contributed by atoms with van der Waals surface area (Å²) >= 11 is 0. The van der Waals surface area contributed by atoms with E-state index < -0.39 is 0 Å². The van der Waals surface area contributed by atoms with Gasteiger partial charge in [0, 0.05) is 32.7 Å². The fourth-order valence-corrected chi connectivity index (χ4v) is 8.30. The highest BCUT2D eigenvalue weighted by Gasteiger charge is 2.24. The Morgan fingerprint density at radius 1 is 0.464 bits per heavy atom. The van der Waals surface area contributed by atoms with Crippen LogP contribution in [0.1, 0.15) is 11.1 Å². The second-order valence-electron chi connectivity index (χ2n) is 13.7. The van der Waals surface area contributed by atoms with Gasteiger partial charge in [0.2, 0.25) is 0 Å². The lowest BCUT2D eigenvalue weighted by atomic mass is 9.97. The lowest BCUT2D eigenvalue weighted by molar-refractivity contribution is 1.09. The van der Waals surface area contributed by atoms with E-state index in [1.807, 2.05) is 109 Å². The maximum atomic E-state index is 10.5. The van der Waals surface area contributed by atoms with Crippen LogP contribution in [0.2, 0.25) is 0 Å². The highest BCUT2D eigenvalue weighted by Crippen LogP contribution is 2.44. The van der Waals surface area contributed by atoms with Gasteiger partial charge in [-0.15, -0.1) is 0 Å². The molecule has 0 saturated carbocycles. The molecule has 6 heteroatoms. The molecule has 0 N–H and O–H groups in total. The van der Waals surface area contributed by atoms with Crippen LogP contribution in [0.15, 0.2) is 170 Å². The minimum Gasteiger partial charge on any atom is -0.307 e. The smallest absolute Gasteiger partial charge is 0.194 e. The van der Waals surface area contributed by atoms with Crippen LogP contribution >= 0.6 is 0 Å². The van der Waals surface area contributed by atoms with Gasteiger partial charge in [0.05, 0.1) is 75.7 Å². The fraction of sp³-hybridized carbons (Fsp3) is 0. The molecule has 7 aromatic carbocycles. The van der Waals surface area contributed by atoms with Gasteiger partial charge in [-0.1, -0.05) is 109 Å². The SMILES string of the molecule is [C-]#[N+]c1ccccc1-c1ccc2c(c1)c1ccccc1n2-c1cncc(-n2c3ccccc3c3cc(-c4ccccc4C#N)ccc32)c1-c1ccccc1C#N. The molecule has 3 aromatic heterocycles. The van der Waals surface area contributed by atoms with Gasteiger partial charge < -0.3 is 9.13 Å². The third-order valence-corrected chi connectivity index (χ3v) is 10.7. The van der Waals surface area contributed by atoms with E-state index in [9.17, 15) is 10.5 Å². The number of pyridine rings is 1. The van der Waals surface area contributed by atoms with E-state index in [4.69, 9.17) is 11.6 Å². The number of nitriles is 2. The zero-order chi connectivity index (χ0) is 37.8. The monoisotopic (exact) mass is 712 g/mol. The summed E-state index contributed by atoms with van der Waals surface area (Å²) < 4.78 is 4.50. The van der Waals surface area contributed by atoms with Gasteiger partial charge in [0.1, 0.15) is 0 Å². The molecular formula is C50H28N6. The van der Waals surface area contributed by atoms with E-state index in [0.717, 1.165) is 88.4 Å². The lowest BCUT2D eigenvalue weighted by Crippen LogP contribution is -2.05. The predicted octanol–water partition coefficient (Wildman–Crippen LogP) is 12.6. The average molecular weight is 713 g/mol. The molecule has 0 unspecified atom stereocenters. The van der Waals surface area contributed by atoms with E-state index in [1.54, 1.807) is 0 Å². The minimum absolute atomic E-state index is 0.552. The highest BCUT2D eigenvalue weighted by molar-refractivity contribution is 6.13. The first-order valence-electron chi connectivity index (χ1n) is 18.2. The number of benzene rings is 7. The first kappa shape index (κ1) is 32.4. The molecule has 3 heterocycles. The zero-order valence-corrected chi connectivity index (χ0v) is 29.8. The molecule has 0 aliphatic rings. The summed E-state index contributed by atoms with van der Waals surface area (Å²) in [6.07, 6.45) is 3.79. The summed E-state index contributed by atoms with van der Waals surface area (Å²) in [4.78, 5) is 8.75. The van der Waals surface area contributed by atoms with E-state index in [0.29, 0.717) is 16.8 Å². The van der Waals surface area contributed by atoms with Crippen molar-refractivity contribution in [2.45, 2.75) is 0 Å². The van der Waals surface area contributed by atoms with Gasteiger partial charge >= 0.3 is 0 Å². The maximum absolute atomic E-state index is 10.5. The molecule has 0 aliphatic heterocycles. The molecule has 0 bridgehead atoms. The number of rotatable bonds is 5. The Bertz CT molecular complexity index is 3170. The van der Waals surface area contributed by atoms with E-state index in [-0.39, 0.29) is 0 Å². The normalized spacial score (nSPS) is 11.2. The molecule has 0 radical (unpaired) electrons. The molecule has 0 fully saturated rings. The summed E-state index contributed by atoms with van der Waals surface area (Å²) in [7, 11) is 0. The number of aromatic nitrogens is 3. The van der Waals surface area contributed by atoms with Crippen molar-refractivity contribution < 1.29 is 0 Å². The van der Waals surface area contributed by atoms with E-state index in [2.05, 4.69) is 86.8 Å². The number of para-hydroxylation sites is 3. The van der Waals surface area contributed by atoms with Crippen LogP contribution in [-0.4, -0.2) is 14.1 Å². The van der Waals surface area contributed by atoms with Gasteiger partial charge in [-0.05, 0) is 70.8 Å². The quantitative estimate of drug-likeness (QED) is 0.167. The summed E-state index contributed by atoms with van der Waals surface area (Å²) in [5.41, 5.74) is 12.7. The number of nitrogens with zero attached hydrogens (tertiary/aromatic N) is 6. The Balaban J connectivity index is 1.30. The van der Waals surface area contributed by atoms with Crippen LogP contribution in [0.25, 0.3) is 93.2 Å². The third kappa shape index (κ3) is 4.90. The highest BCUT2D eigenvalue weighted by atomic mass is 15.0. The Morgan fingerprint density at radius 2 is 0.911 bits per heavy atom. The van der Waals surface area contributed by atoms with Crippen molar-refractivity contribution in [2.24, 2.45) is 0 Å². The molecule has 10 aromatic rings. The van der Waals surface area contributed by atoms with Crippen LogP contribution < -0.4 is 0 Å². The minimum atomic E-state index is 0.552. The number of hydrogen-bond acceptors (Lipinski definition) is 3. The molecule has 0 atom stereocenters. The summed E-state index contributed by atoms with van der Waals surface area (Å²) in [5.74, 6) is 0. The van der Waals surface area contributed by atoms with Crippen LogP contribution in [0.3, 0.4) is 0 Å². The van der Waals surface area contributed by atoms with Gasteiger partial charge in [0.25, 0.3) is 0 Å². The van der Waals surface area contributed by atoms with Gasteiger partial charge in [-0.2, -0.15) is 10.5 Å². The van der Waals surface area contributed by atoms with Gasteiger partial charge in [-0.3, -0.25) is 4.98 Å². The number of fused-ring (bicyclic) bond motifs is 6. The van der Waals surface area contributed by atoms with Crippen molar-refractivity contribution in [1.29, 1.82) is 10.5 Å². The standard InChI is InChI=1S/C50H28N6/c1-53-43-19-9-6-15-37(43)33-23-25-47-42(27-33)40-18-8-11-21-45(40)56(47)49-31-54-30-48(50(49)38-16-5-3-13-35(38)29-52)55-44-20-10-7-17-39(44)41-26-32(22-24-46(41)55)36-14-4-2-12-34(36)28-51/h2-27,30-31H. The topological polar surface area (TPSA) is 74.7 Å². The molecule has 0 spiro atoms. The van der Waals surface area contributed by atoms with E-state index in [1.165, 1.54) is 0 Å². The second kappa shape index (κ2) is 13.0. The lowest BCUT2D eigenvalue weighted by Gasteiger charge is -2.20. The third-order valence-electron chi connectivity index (χ3n) is 10.7. The Labute approximate surface area is 322 Å². The van der Waals surface area contributed by atoms with Crippen LogP contribution in [0.4, 0.5) is 5.69 Å². The van der Waals surface area contributed by atoms with Crippen molar-refractivity contribution in [3.05, 3.63) is 193 Å². The molecule has 0 aliphatic carbocycles. The van der Waals surface area contributed by atoms with Crippen LogP contribution in [-0.2, 0) is 0 Å². The Kier molecular flexibility index (Phi) is 7.53. The maximum Gasteiger partial charge on any atom is 0.194 e. The Hall–Kier alpha value is -8.24. The molecular weight excluding hydrogens is 685 g/mol. The van der Waals surface area contributed by atoms with Crippen LogP contribution in [0.5, 0.6) is 0 Å². The second-order valence-corrected chi connectivity index (χ2v) is 13.7. The summed E-state index contributed by atoms with van der Waals surface area (Å²) in [5, 5.41) is 24.7. The van der Waals surface area contributed by atoms with Crippen molar-refractivity contribution in [1.82, 2.24) is 14.1 Å². The first-order chi connectivity index (χ1) is 27.7. The Morgan fingerprint density at radius 3 is 1.48 bits per heavy atom. The molecule has 0 saturated heterocycles. The van der Waals surface area contributed by atoms with Crippen molar-refractivity contribution in [3.63, 3.8) is 0 Å². The predicted molar refractivity (Wildman–Crippen MR) is 225 cm³/mol. The van der Waals surface area contributed by atoms with Gasteiger partial charge in [0.15, 0.2) is 5.69 Å². The first-order valence-corrected chi connectivity index (χ1v) is 18.2. The van der Waals surface area contributed by atoms with E-state index >= 15 is 0 Å². The fourth-order valence-electron chi connectivity index (χ4n) is 8.30. The van der Waals surface area contributed by atoms with Crippen LogP contribution in [0, 0.1) is 29.2 Å². The molecule has 258 valence electrons.